The molecule has 4 rings (SSSR count). The molecule has 0 radical (unpaired) electrons. The lowest BCUT2D eigenvalue weighted by molar-refractivity contribution is -0.128. The fraction of sp³-hybridized carbons (Fsp3) is 0.351. The van der Waals surface area contributed by atoms with Gasteiger partial charge in [0, 0.05) is 43.4 Å². The molecule has 3 aromatic carbocycles. The fourth-order valence-electron chi connectivity index (χ4n) is 5.47. The number of amides is 5. The first-order chi connectivity index (χ1) is 24.6. The molecular formula is C37H43N5O9. The molecule has 3 aromatic rings. The second-order valence-electron chi connectivity index (χ2n) is 11.9. The van der Waals surface area contributed by atoms with E-state index < -0.39 is 23.9 Å². The van der Waals surface area contributed by atoms with Gasteiger partial charge < -0.3 is 40.2 Å². The minimum Gasteiger partial charge on any atom is -0.504 e. The number of benzene rings is 3. The Morgan fingerprint density at radius 2 is 1.73 bits per heavy atom. The summed E-state index contributed by atoms with van der Waals surface area (Å²) in [5.41, 5.74) is 3.11. The number of aryl methyl sites for hydroxylation is 1. The second kappa shape index (κ2) is 18.2. The molecule has 0 spiro atoms. The van der Waals surface area contributed by atoms with Gasteiger partial charge in [-0.1, -0.05) is 37.3 Å². The zero-order chi connectivity index (χ0) is 36.9. The van der Waals surface area contributed by atoms with Crippen molar-refractivity contribution in [3.8, 4) is 11.5 Å². The van der Waals surface area contributed by atoms with Crippen molar-refractivity contribution in [2.45, 2.75) is 58.6 Å². The van der Waals surface area contributed by atoms with E-state index in [4.69, 9.17) is 9.47 Å². The van der Waals surface area contributed by atoms with Gasteiger partial charge in [0.2, 0.25) is 17.7 Å². The number of phenols is 1. The number of unbranched alkanes of at least 4 members (excludes halogenated alkanes) is 2. The highest BCUT2D eigenvalue weighted by atomic mass is 16.6. The van der Waals surface area contributed by atoms with Gasteiger partial charge in [-0.05, 0) is 61.6 Å². The van der Waals surface area contributed by atoms with Crippen molar-refractivity contribution < 1.29 is 43.3 Å². The molecule has 0 fully saturated rings. The maximum Gasteiger partial charge on any atom is 0.414 e. The van der Waals surface area contributed by atoms with Crippen LogP contribution in [0.3, 0.4) is 0 Å². The van der Waals surface area contributed by atoms with Gasteiger partial charge in [0.1, 0.15) is 18.9 Å². The van der Waals surface area contributed by atoms with E-state index in [1.807, 2.05) is 31.2 Å². The maximum atomic E-state index is 13.9. The van der Waals surface area contributed by atoms with Gasteiger partial charge in [-0.2, -0.15) is 0 Å². The Hall–Kier alpha value is -5.92. The molecule has 51 heavy (non-hydrogen) atoms. The number of carbonyl (C=O) groups excluding carboxylic acids is 6. The van der Waals surface area contributed by atoms with Gasteiger partial charge in [-0.3, -0.25) is 24.1 Å². The Labute approximate surface area is 296 Å². The van der Waals surface area contributed by atoms with Crippen molar-refractivity contribution in [3.63, 3.8) is 0 Å². The molecule has 270 valence electrons. The average molecular weight is 702 g/mol. The number of hydrogen-bond donors (Lipinski definition) is 4. The van der Waals surface area contributed by atoms with Gasteiger partial charge in [0.15, 0.2) is 11.5 Å². The summed E-state index contributed by atoms with van der Waals surface area (Å²) in [6, 6.07) is 16.0. The third-order valence-electron chi connectivity index (χ3n) is 8.27. The molecule has 1 heterocycles. The highest BCUT2D eigenvalue weighted by Crippen LogP contribution is 2.38. The number of nitrogens with zero attached hydrogens (tertiary/aromatic N) is 2. The summed E-state index contributed by atoms with van der Waals surface area (Å²) < 4.78 is 10.9. The average Bonchev–Trinajstić information content (AvgIpc) is 3.27. The van der Waals surface area contributed by atoms with Gasteiger partial charge >= 0.3 is 6.09 Å². The minimum absolute atomic E-state index is 0.0909. The Bertz CT molecular complexity index is 1740. The quantitative estimate of drug-likeness (QED) is 0.134. The van der Waals surface area contributed by atoms with Crippen molar-refractivity contribution in [1.29, 1.82) is 0 Å². The van der Waals surface area contributed by atoms with E-state index in [1.165, 1.54) is 31.1 Å². The summed E-state index contributed by atoms with van der Waals surface area (Å²) in [4.78, 5) is 77.3. The van der Waals surface area contributed by atoms with E-state index in [1.54, 1.807) is 29.2 Å². The molecule has 4 N–H and O–H groups in total. The van der Waals surface area contributed by atoms with E-state index in [9.17, 15) is 33.9 Å². The highest BCUT2D eigenvalue weighted by molar-refractivity contribution is 6.13. The molecule has 0 aromatic heterocycles. The van der Waals surface area contributed by atoms with E-state index in [2.05, 4.69) is 16.0 Å². The summed E-state index contributed by atoms with van der Waals surface area (Å²) >= 11 is 0. The topological polar surface area (TPSA) is 184 Å². The minimum atomic E-state index is -0.892. The molecule has 0 saturated heterocycles. The summed E-state index contributed by atoms with van der Waals surface area (Å²) in [7, 11) is 1.38. The first-order valence-corrected chi connectivity index (χ1v) is 16.7. The first-order valence-electron chi connectivity index (χ1n) is 16.7. The zero-order valence-corrected chi connectivity index (χ0v) is 28.9. The smallest absolute Gasteiger partial charge is 0.414 e. The van der Waals surface area contributed by atoms with Crippen LogP contribution < -0.4 is 30.5 Å². The lowest BCUT2D eigenvalue weighted by atomic mass is 10.1. The number of aromatic hydroxyl groups is 1. The van der Waals surface area contributed by atoms with Crippen LogP contribution in [0.15, 0.2) is 60.7 Å². The van der Waals surface area contributed by atoms with Gasteiger partial charge in [0.05, 0.1) is 24.9 Å². The lowest BCUT2D eigenvalue weighted by Gasteiger charge is -2.24. The number of nitrogens with one attached hydrogen (secondary N) is 3. The van der Waals surface area contributed by atoms with Crippen LogP contribution in [0.1, 0.15) is 61.0 Å². The number of anilines is 3. The van der Waals surface area contributed by atoms with E-state index in [-0.39, 0.29) is 67.2 Å². The summed E-state index contributed by atoms with van der Waals surface area (Å²) in [5.74, 6) is -1.82. The third kappa shape index (κ3) is 10.1. The zero-order valence-electron chi connectivity index (χ0n) is 28.9. The molecule has 5 amide bonds. The molecule has 1 atom stereocenters. The number of aldehydes is 1. The van der Waals surface area contributed by atoms with Crippen molar-refractivity contribution in [1.82, 2.24) is 10.6 Å². The molecule has 0 saturated carbocycles. The third-order valence-corrected chi connectivity index (χ3v) is 8.27. The number of fused-ring (bicyclic) bond motifs is 1. The van der Waals surface area contributed by atoms with Gasteiger partial charge in [0.25, 0.3) is 5.91 Å². The van der Waals surface area contributed by atoms with Crippen LogP contribution in [-0.4, -0.2) is 73.9 Å². The van der Waals surface area contributed by atoms with Crippen molar-refractivity contribution >= 4 is 53.1 Å². The summed E-state index contributed by atoms with van der Waals surface area (Å²) in [6.07, 6.45) is 2.48. The van der Waals surface area contributed by atoms with Gasteiger partial charge in [-0.25, -0.2) is 4.79 Å². The Kier molecular flexibility index (Phi) is 13.5. The SMILES string of the molecule is CCc1ccccc1N1CCN(C(=O)OCc2ccc(NC(=O)C(C)NC(=O)CNC(=O)CCCCC=O)cc2)c2cc(O)c(OC)cc2C1=O. The first kappa shape index (κ1) is 37.9. The number of ether oxygens (including phenoxy) is 2. The molecule has 14 heteroatoms. The summed E-state index contributed by atoms with van der Waals surface area (Å²) in [5, 5.41) is 18.3. The highest BCUT2D eigenvalue weighted by Gasteiger charge is 2.33. The molecule has 14 nitrogen and oxygen atoms in total. The van der Waals surface area contributed by atoms with E-state index in [0.29, 0.717) is 36.9 Å². The number of phenolic OH excluding ortho intramolecular Hbond substituents is 1. The van der Waals surface area contributed by atoms with Crippen molar-refractivity contribution in [3.05, 3.63) is 77.4 Å². The molecular weight excluding hydrogens is 658 g/mol. The Morgan fingerprint density at radius 1 is 0.980 bits per heavy atom. The number of carbonyl (C=O) groups is 6. The molecule has 1 unspecified atom stereocenters. The Balaban J connectivity index is 1.34. The number of rotatable bonds is 15. The van der Waals surface area contributed by atoms with Crippen LogP contribution in [0.4, 0.5) is 21.9 Å². The van der Waals surface area contributed by atoms with Crippen molar-refractivity contribution in [2.24, 2.45) is 0 Å². The molecule has 0 aliphatic carbocycles. The van der Waals surface area contributed by atoms with Crippen LogP contribution in [0.2, 0.25) is 0 Å². The fourth-order valence-corrected chi connectivity index (χ4v) is 5.47. The number of methoxy groups -OCH3 is 1. The van der Waals surface area contributed by atoms with Gasteiger partial charge in [-0.15, -0.1) is 0 Å². The molecule has 0 bridgehead atoms. The standard InChI is InChI=1S/C37H43N5O9/c1-4-26-10-7-8-11-29(26)41-17-18-42(30-21-31(44)32(50-3)20-28(30)36(41)48)37(49)51-23-25-13-15-27(16-14-25)40-35(47)24(2)39-34(46)22-38-33(45)12-6-5-9-19-43/h7-8,10-11,13-16,19-21,24,44H,4-6,9,12,17-18,22-23H2,1-3H3,(H,38,45)(H,39,46)(H,40,47). The van der Waals surface area contributed by atoms with Crippen LogP contribution in [0, 0.1) is 0 Å². The lowest BCUT2D eigenvalue weighted by Crippen LogP contribution is -2.45. The predicted octanol–water partition coefficient (Wildman–Crippen LogP) is 4.09. The summed E-state index contributed by atoms with van der Waals surface area (Å²) in [6.45, 7) is 3.37. The largest absolute Gasteiger partial charge is 0.504 e. The number of hydrogen-bond acceptors (Lipinski definition) is 9. The van der Waals surface area contributed by atoms with E-state index in [0.717, 1.165) is 17.5 Å². The van der Waals surface area contributed by atoms with E-state index >= 15 is 0 Å². The van der Waals surface area contributed by atoms with Crippen molar-refractivity contribution in [2.75, 3.05) is 41.9 Å². The molecule has 1 aliphatic heterocycles. The monoisotopic (exact) mass is 701 g/mol. The Morgan fingerprint density at radius 3 is 2.43 bits per heavy atom. The predicted molar refractivity (Wildman–Crippen MR) is 190 cm³/mol. The van der Waals surface area contributed by atoms with Crippen LogP contribution in [-0.2, 0) is 36.9 Å². The normalized spacial score (nSPS) is 13.0. The maximum absolute atomic E-state index is 13.9. The van der Waals surface area contributed by atoms with Crippen LogP contribution in [0.5, 0.6) is 11.5 Å². The molecule has 1 aliphatic rings. The van der Waals surface area contributed by atoms with Crippen LogP contribution >= 0.6 is 0 Å². The van der Waals surface area contributed by atoms with Crippen LogP contribution in [0.25, 0.3) is 0 Å². The second-order valence-corrected chi connectivity index (χ2v) is 11.9. The number of para-hydroxylation sites is 1.